The molecule has 0 bridgehead atoms. The highest BCUT2D eigenvalue weighted by Crippen LogP contribution is 2.01. The fraction of sp³-hybridized carbons (Fsp3) is 0.700. The van der Waals surface area contributed by atoms with Gasteiger partial charge < -0.3 is 4.90 Å². The molecule has 0 aromatic rings. The molecule has 0 fully saturated rings. The second-order valence-electron chi connectivity index (χ2n) is 2.99. The summed E-state index contributed by atoms with van der Waals surface area (Å²) in [5.41, 5.74) is 0. The summed E-state index contributed by atoms with van der Waals surface area (Å²) in [5, 5.41) is 16.8. The number of carbonyl (C=O) groups is 1. The molecule has 0 atom stereocenters. The lowest BCUT2D eigenvalue weighted by Crippen LogP contribution is -2.32. The van der Waals surface area contributed by atoms with E-state index < -0.39 is 0 Å². The van der Waals surface area contributed by atoms with Gasteiger partial charge in [0.1, 0.15) is 0 Å². The Morgan fingerprint density at radius 2 is 1.73 bits per heavy atom. The summed E-state index contributed by atoms with van der Waals surface area (Å²) in [6, 6.07) is 3.97. The van der Waals surface area contributed by atoms with Crippen LogP contribution < -0.4 is 0 Å². The minimum atomic E-state index is -0.0267. The first-order valence-electron chi connectivity index (χ1n) is 4.84. The lowest BCUT2D eigenvalue weighted by molar-refractivity contribution is -0.131. The number of hydrogen-bond acceptors (Lipinski definition) is 3. The zero-order valence-electron chi connectivity index (χ0n) is 8.58. The quantitative estimate of drug-likeness (QED) is 0.621. The summed E-state index contributed by atoms with van der Waals surface area (Å²) in [4.78, 5) is 13.1. The third-order valence-electron chi connectivity index (χ3n) is 1.86. The Kier molecular flexibility index (Phi) is 8.52. The number of alkyl halides is 1. The SMILES string of the molecule is N#CCCN(CCC#N)C(=O)CCCCl. The summed E-state index contributed by atoms with van der Waals surface area (Å²) in [6.07, 6.45) is 1.63. The van der Waals surface area contributed by atoms with Gasteiger partial charge in [0.05, 0.1) is 25.0 Å². The van der Waals surface area contributed by atoms with E-state index in [-0.39, 0.29) is 5.91 Å². The van der Waals surface area contributed by atoms with E-state index in [2.05, 4.69) is 0 Å². The minimum Gasteiger partial charge on any atom is -0.341 e. The average Bonchev–Trinajstić information content (AvgIpc) is 2.26. The number of nitrogens with zero attached hydrogens (tertiary/aromatic N) is 3. The van der Waals surface area contributed by atoms with Crippen molar-refractivity contribution in [2.45, 2.75) is 25.7 Å². The van der Waals surface area contributed by atoms with Crippen molar-refractivity contribution in [1.82, 2.24) is 4.90 Å². The van der Waals surface area contributed by atoms with Gasteiger partial charge in [0.15, 0.2) is 0 Å². The molecule has 0 aliphatic carbocycles. The molecule has 0 aliphatic heterocycles. The van der Waals surface area contributed by atoms with Crippen molar-refractivity contribution in [2.24, 2.45) is 0 Å². The lowest BCUT2D eigenvalue weighted by Gasteiger charge is -2.19. The van der Waals surface area contributed by atoms with Crippen molar-refractivity contribution in [1.29, 1.82) is 10.5 Å². The van der Waals surface area contributed by atoms with Gasteiger partial charge in [-0.2, -0.15) is 10.5 Å². The maximum absolute atomic E-state index is 11.6. The van der Waals surface area contributed by atoms with Gasteiger partial charge in [0, 0.05) is 25.4 Å². The molecule has 0 spiro atoms. The standard InChI is InChI=1S/C10H14ClN3O/c11-5-1-4-10(15)14(8-2-6-12)9-3-7-13/h1-5,8-9H2. The summed E-state index contributed by atoms with van der Waals surface area (Å²) in [5.74, 6) is 0.428. The number of halogens is 1. The Labute approximate surface area is 95.0 Å². The lowest BCUT2D eigenvalue weighted by atomic mass is 10.2. The van der Waals surface area contributed by atoms with Crippen LogP contribution in [0, 0.1) is 22.7 Å². The normalized spacial score (nSPS) is 9.00. The molecule has 0 aromatic heterocycles. The summed E-state index contributed by atoms with van der Waals surface area (Å²) in [6.45, 7) is 0.804. The highest BCUT2D eigenvalue weighted by molar-refractivity contribution is 6.17. The zero-order chi connectivity index (χ0) is 11.5. The highest BCUT2D eigenvalue weighted by atomic mass is 35.5. The van der Waals surface area contributed by atoms with Gasteiger partial charge in [-0.1, -0.05) is 0 Å². The van der Waals surface area contributed by atoms with Crippen LogP contribution in [0.2, 0.25) is 0 Å². The number of amides is 1. The third kappa shape index (κ3) is 6.76. The molecule has 5 heteroatoms. The maximum atomic E-state index is 11.6. The van der Waals surface area contributed by atoms with Crippen LogP contribution in [0.3, 0.4) is 0 Å². The second-order valence-corrected chi connectivity index (χ2v) is 3.37. The van der Waals surface area contributed by atoms with Crippen LogP contribution in [0.4, 0.5) is 0 Å². The van der Waals surface area contributed by atoms with Crippen LogP contribution >= 0.6 is 11.6 Å². The number of carbonyl (C=O) groups excluding carboxylic acids is 1. The van der Waals surface area contributed by atoms with Crippen molar-refractivity contribution in [3.63, 3.8) is 0 Å². The molecular formula is C10H14ClN3O. The van der Waals surface area contributed by atoms with Gasteiger partial charge in [-0.15, -0.1) is 11.6 Å². The predicted octanol–water partition coefficient (Wildman–Crippen LogP) is 1.66. The molecule has 0 aliphatic rings. The van der Waals surface area contributed by atoms with E-state index in [1.165, 1.54) is 0 Å². The topological polar surface area (TPSA) is 67.9 Å². The van der Waals surface area contributed by atoms with Crippen molar-refractivity contribution < 1.29 is 4.79 Å². The molecule has 0 unspecified atom stereocenters. The van der Waals surface area contributed by atoms with Crippen LogP contribution in [0.15, 0.2) is 0 Å². The Morgan fingerprint density at radius 3 is 2.13 bits per heavy atom. The molecule has 0 rings (SSSR count). The van der Waals surface area contributed by atoms with E-state index in [1.54, 1.807) is 4.90 Å². The fourth-order valence-electron chi connectivity index (χ4n) is 1.11. The van der Waals surface area contributed by atoms with E-state index in [1.807, 2.05) is 12.1 Å². The first-order valence-corrected chi connectivity index (χ1v) is 5.37. The fourth-order valence-corrected chi connectivity index (χ4v) is 1.24. The van der Waals surface area contributed by atoms with Crippen LogP contribution in [0.5, 0.6) is 0 Å². The first kappa shape index (κ1) is 13.7. The van der Waals surface area contributed by atoms with Crippen LogP contribution in [-0.2, 0) is 4.79 Å². The van der Waals surface area contributed by atoms with Gasteiger partial charge in [-0.05, 0) is 6.42 Å². The van der Waals surface area contributed by atoms with E-state index in [4.69, 9.17) is 22.1 Å². The van der Waals surface area contributed by atoms with Crippen LogP contribution in [-0.4, -0.2) is 29.8 Å². The molecular weight excluding hydrogens is 214 g/mol. The van der Waals surface area contributed by atoms with Gasteiger partial charge in [0.25, 0.3) is 0 Å². The average molecular weight is 228 g/mol. The van der Waals surface area contributed by atoms with E-state index >= 15 is 0 Å². The van der Waals surface area contributed by atoms with Gasteiger partial charge in [-0.25, -0.2) is 0 Å². The van der Waals surface area contributed by atoms with E-state index in [0.29, 0.717) is 44.7 Å². The smallest absolute Gasteiger partial charge is 0.222 e. The molecule has 82 valence electrons. The van der Waals surface area contributed by atoms with Crippen molar-refractivity contribution >= 4 is 17.5 Å². The third-order valence-corrected chi connectivity index (χ3v) is 2.13. The molecule has 0 heterocycles. The van der Waals surface area contributed by atoms with E-state index in [9.17, 15) is 4.79 Å². The predicted molar refractivity (Wildman–Crippen MR) is 57.0 cm³/mol. The molecule has 0 saturated heterocycles. The Balaban J connectivity index is 4.04. The second kappa shape index (κ2) is 9.30. The summed E-state index contributed by atoms with van der Waals surface area (Å²) < 4.78 is 0. The molecule has 0 radical (unpaired) electrons. The molecule has 0 saturated carbocycles. The molecule has 15 heavy (non-hydrogen) atoms. The Bertz CT molecular complexity index is 249. The molecule has 0 N–H and O–H groups in total. The van der Waals surface area contributed by atoms with Crippen molar-refractivity contribution in [2.75, 3.05) is 19.0 Å². The Hall–Kier alpha value is -1.26. The number of rotatable bonds is 7. The van der Waals surface area contributed by atoms with E-state index in [0.717, 1.165) is 0 Å². The Morgan fingerprint density at radius 1 is 1.20 bits per heavy atom. The monoisotopic (exact) mass is 227 g/mol. The van der Waals surface area contributed by atoms with Crippen molar-refractivity contribution in [3.05, 3.63) is 0 Å². The molecule has 0 aromatic carbocycles. The molecule has 4 nitrogen and oxygen atoms in total. The number of hydrogen-bond donors (Lipinski definition) is 0. The van der Waals surface area contributed by atoms with Gasteiger partial charge in [0.2, 0.25) is 5.91 Å². The minimum absolute atomic E-state index is 0.0267. The van der Waals surface area contributed by atoms with Gasteiger partial charge >= 0.3 is 0 Å². The summed E-state index contributed by atoms with van der Waals surface area (Å²) in [7, 11) is 0. The largest absolute Gasteiger partial charge is 0.341 e. The summed E-state index contributed by atoms with van der Waals surface area (Å²) >= 11 is 5.48. The highest BCUT2D eigenvalue weighted by Gasteiger charge is 2.11. The maximum Gasteiger partial charge on any atom is 0.222 e. The van der Waals surface area contributed by atoms with Crippen LogP contribution in [0.1, 0.15) is 25.7 Å². The molecule has 1 amide bonds. The van der Waals surface area contributed by atoms with Gasteiger partial charge in [-0.3, -0.25) is 4.79 Å². The first-order chi connectivity index (χ1) is 7.26. The number of nitriles is 2. The van der Waals surface area contributed by atoms with Crippen molar-refractivity contribution in [3.8, 4) is 12.1 Å². The zero-order valence-corrected chi connectivity index (χ0v) is 9.33. The van der Waals surface area contributed by atoms with Crippen LogP contribution in [0.25, 0.3) is 0 Å².